The Morgan fingerprint density at radius 3 is 2.54 bits per heavy atom. The number of amides is 2. The summed E-state index contributed by atoms with van der Waals surface area (Å²) in [5, 5.41) is 11.9. The predicted molar refractivity (Wildman–Crippen MR) is 127 cm³/mol. The van der Waals surface area contributed by atoms with Crippen LogP contribution >= 0.6 is 0 Å². The summed E-state index contributed by atoms with van der Waals surface area (Å²) in [4.78, 5) is 49.0. The van der Waals surface area contributed by atoms with Crippen LogP contribution in [0.1, 0.15) is 49.0 Å². The maximum absolute atomic E-state index is 12.7. The van der Waals surface area contributed by atoms with Gasteiger partial charge in [-0.3, -0.25) is 25.4 Å². The van der Waals surface area contributed by atoms with E-state index in [1.165, 1.54) is 0 Å². The van der Waals surface area contributed by atoms with Gasteiger partial charge in [-0.2, -0.15) is 0 Å². The molecule has 11 heteroatoms. The summed E-state index contributed by atoms with van der Waals surface area (Å²) in [7, 11) is 0. The fraction of sp³-hybridized carbons (Fsp3) is 0.583. The molecular formula is C24H35N5O6. The summed E-state index contributed by atoms with van der Waals surface area (Å²) in [5.74, 6) is -1.49. The van der Waals surface area contributed by atoms with Gasteiger partial charge in [-0.1, -0.05) is 12.1 Å². The summed E-state index contributed by atoms with van der Waals surface area (Å²) >= 11 is 0. The lowest BCUT2D eigenvalue weighted by molar-refractivity contribution is -0.147. The molecule has 192 valence electrons. The Labute approximate surface area is 204 Å². The Balaban J connectivity index is 1.53. The topological polar surface area (TPSA) is 161 Å². The fourth-order valence-electron chi connectivity index (χ4n) is 4.50. The van der Waals surface area contributed by atoms with Gasteiger partial charge in [0.15, 0.2) is 0 Å². The van der Waals surface area contributed by atoms with Crippen molar-refractivity contribution in [1.82, 2.24) is 21.3 Å². The summed E-state index contributed by atoms with van der Waals surface area (Å²) in [6.07, 6.45) is 0.985. The standard InChI is InChI=1S/C24H35N5O6/c1-3-34-18(30)12-11-17(23(33)35-4-2)27-21(31)15-8-5-14(6-9-15)7-10-16-13-26-20-19(16)22(32)29-24(25)28-20/h5-6,8-9,16-17,19-20,24,26,28H,3-4,7,10-13,25H2,1-2H3,(H,27,31)(H,29,32). The van der Waals surface area contributed by atoms with Crippen molar-refractivity contribution < 1.29 is 28.7 Å². The number of esters is 2. The van der Waals surface area contributed by atoms with Gasteiger partial charge in [-0.25, -0.2) is 4.79 Å². The second-order valence-electron chi connectivity index (χ2n) is 8.68. The van der Waals surface area contributed by atoms with Crippen LogP contribution in [-0.4, -0.2) is 62.0 Å². The van der Waals surface area contributed by atoms with E-state index in [0.717, 1.165) is 24.9 Å². The molecule has 0 radical (unpaired) electrons. The van der Waals surface area contributed by atoms with Gasteiger partial charge < -0.3 is 25.4 Å². The molecular weight excluding hydrogens is 454 g/mol. The molecule has 0 spiro atoms. The largest absolute Gasteiger partial charge is 0.466 e. The molecule has 0 aliphatic carbocycles. The van der Waals surface area contributed by atoms with Crippen LogP contribution in [0.3, 0.4) is 0 Å². The summed E-state index contributed by atoms with van der Waals surface area (Å²) in [6.45, 7) is 4.52. The van der Waals surface area contributed by atoms with Gasteiger partial charge in [0.05, 0.1) is 25.3 Å². The molecule has 0 saturated carbocycles. The number of rotatable bonds is 11. The van der Waals surface area contributed by atoms with E-state index in [2.05, 4.69) is 21.3 Å². The SMILES string of the molecule is CCOC(=O)CCC(NC(=O)c1ccc(CCC2CNC3NC(N)NC(=O)C23)cc1)C(=O)OCC. The number of ether oxygens (including phenoxy) is 2. The number of aryl methyl sites for hydroxylation is 1. The lowest BCUT2D eigenvalue weighted by Crippen LogP contribution is -2.66. The molecule has 2 aliphatic rings. The van der Waals surface area contributed by atoms with Crippen LogP contribution in [-0.2, 0) is 30.3 Å². The second kappa shape index (κ2) is 12.6. The van der Waals surface area contributed by atoms with Crippen molar-refractivity contribution in [2.24, 2.45) is 17.6 Å². The third-order valence-corrected chi connectivity index (χ3v) is 6.27. The van der Waals surface area contributed by atoms with Crippen LogP contribution in [0.25, 0.3) is 0 Å². The van der Waals surface area contributed by atoms with Gasteiger partial charge in [-0.15, -0.1) is 0 Å². The molecule has 5 atom stereocenters. The molecule has 1 aromatic carbocycles. The Morgan fingerprint density at radius 1 is 1.14 bits per heavy atom. The van der Waals surface area contributed by atoms with E-state index < -0.39 is 30.2 Å². The average Bonchev–Trinajstić information content (AvgIpc) is 3.24. The first-order valence-corrected chi connectivity index (χ1v) is 12.1. The first kappa shape index (κ1) is 26.6. The summed E-state index contributed by atoms with van der Waals surface area (Å²) < 4.78 is 9.93. The minimum Gasteiger partial charge on any atom is -0.466 e. The predicted octanol–water partition coefficient (Wildman–Crippen LogP) is -0.253. The van der Waals surface area contributed by atoms with Gasteiger partial charge in [0, 0.05) is 18.5 Å². The molecule has 6 N–H and O–H groups in total. The number of hydrogen-bond acceptors (Lipinski definition) is 9. The van der Waals surface area contributed by atoms with Crippen molar-refractivity contribution in [2.75, 3.05) is 19.8 Å². The molecule has 0 bridgehead atoms. The molecule has 2 fully saturated rings. The normalized spacial score (nSPS) is 24.1. The molecule has 3 rings (SSSR count). The van der Waals surface area contributed by atoms with Gasteiger partial charge in [0.25, 0.3) is 5.91 Å². The van der Waals surface area contributed by atoms with Crippen molar-refractivity contribution in [3.63, 3.8) is 0 Å². The molecule has 2 saturated heterocycles. The van der Waals surface area contributed by atoms with Crippen LogP contribution < -0.4 is 27.0 Å². The van der Waals surface area contributed by atoms with Gasteiger partial charge in [0.2, 0.25) is 5.91 Å². The fourth-order valence-corrected chi connectivity index (χ4v) is 4.50. The molecule has 35 heavy (non-hydrogen) atoms. The quantitative estimate of drug-likeness (QED) is 0.264. The Morgan fingerprint density at radius 2 is 1.86 bits per heavy atom. The van der Waals surface area contributed by atoms with E-state index >= 15 is 0 Å². The zero-order chi connectivity index (χ0) is 25.4. The molecule has 2 amide bonds. The third kappa shape index (κ3) is 7.23. The van der Waals surface area contributed by atoms with Gasteiger partial charge in [0.1, 0.15) is 12.3 Å². The minimum absolute atomic E-state index is 0.00606. The zero-order valence-corrected chi connectivity index (χ0v) is 20.2. The van der Waals surface area contributed by atoms with E-state index in [9.17, 15) is 19.2 Å². The van der Waals surface area contributed by atoms with Crippen molar-refractivity contribution in [3.8, 4) is 0 Å². The molecule has 0 aromatic heterocycles. The average molecular weight is 490 g/mol. The molecule has 11 nitrogen and oxygen atoms in total. The number of carbonyl (C=O) groups excluding carboxylic acids is 4. The highest BCUT2D eigenvalue weighted by atomic mass is 16.5. The number of benzene rings is 1. The van der Waals surface area contributed by atoms with Crippen molar-refractivity contribution in [1.29, 1.82) is 0 Å². The Hall–Kier alpha value is -3.02. The first-order chi connectivity index (χ1) is 16.8. The lowest BCUT2D eigenvalue weighted by Gasteiger charge is -2.33. The van der Waals surface area contributed by atoms with Crippen LogP contribution in [0.15, 0.2) is 24.3 Å². The third-order valence-electron chi connectivity index (χ3n) is 6.27. The van der Waals surface area contributed by atoms with Crippen LogP contribution in [0.2, 0.25) is 0 Å². The molecule has 2 aliphatic heterocycles. The zero-order valence-electron chi connectivity index (χ0n) is 20.2. The van der Waals surface area contributed by atoms with E-state index in [1.807, 2.05) is 12.1 Å². The smallest absolute Gasteiger partial charge is 0.328 e. The van der Waals surface area contributed by atoms with Crippen molar-refractivity contribution in [3.05, 3.63) is 35.4 Å². The monoisotopic (exact) mass is 489 g/mol. The number of hydrogen-bond donors (Lipinski definition) is 5. The number of nitrogens with one attached hydrogen (secondary N) is 4. The number of carbonyl (C=O) groups is 4. The summed E-state index contributed by atoms with van der Waals surface area (Å²) in [6, 6.07) is 6.17. The molecule has 1 aromatic rings. The number of nitrogens with two attached hydrogens (primary N) is 1. The first-order valence-electron chi connectivity index (χ1n) is 12.1. The Kier molecular flexibility index (Phi) is 9.58. The number of fused-ring (bicyclic) bond motifs is 1. The van der Waals surface area contributed by atoms with E-state index in [-0.39, 0.29) is 50.0 Å². The van der Waals surface area contributed by atoms with E-state index in [0.29, 0.717) is 5.56 Å². The second-order valence-corrected chi connectivity index (χ2v) is 8.68. The molecule has 5 unspecified atom stereocenters. The van der Waals surface area contributed by atoms with Crippen molar-refractivity contribution >= 4 is 23.8 Å². The highest BCUT2D eigenvalue weighted by Crippen LogP contribution is 2.28. The summed E-state index contributed by atoms with van der Waals surface area (Å²) in [5.41, 5.74) is 7.20. The van der Waals surface area contributed by atoms with E-state index in [1.54, 1.807) is 26.0 Å². The maximum atomic E-state index is 12.7. The lowest BCUT2D eigenvalue weighted by atomic mass is 9.87. The van der Waals surface area contributed by atoms with Crippen LogP contribution in [0.5, 0.6) is 0 Å². The van der Waals surface area contributed by atoms with Gasteiger partial charge >= 0.3 is 11.9 Å². The van der Waals surface area contributed by atoms with E-state index in [4.69, 9.17) is 15.2 Å². The molecule has 2 heterocycles. The van der Waals surface area contributed by atoms with Crippen molar-refractivity contribution in [2.45, 2.75) is 58.0 Å². The highest BCUT2D eigenvalue weighted by Gasteiger charge is 2.44. The van der Waals surface area contributed by atoms with Crippen LogP contribution in [0.4, 0.5) is 0 Å². The van der Waals surface area contributed by atoms with Crippen LogP contribution in [0, 0.1) is 11.8 Å². The minimum atomic E-state index is -0.947. The van der Waals surface area contributed by atoms with Gasteiger partial charge in [-0.05, 0) is 56.7 Å². The highest BCUT2D eigenvalue weighted by molar-refractivity contribution is 5.96. The Bertz CT molecular complexity index is 908. The maximum Gasteiger partial charge on any atom is 0.328 e.